The monoisotopic (exact) mass is 283 g/mol. The number of hydrogen-bond donors (Lipinski definition) is 0. The number of aromatic nitrogens is 1. The molecule has 0 aliphatic heterocycles. The van der Waals surface area contributed by atoms with Gasteiger partial charge in [-0.2, -0.15) is 0 Å². The fourth-order valence-electron chi connectivity index (χ4n) is 1.27. The fraction of sp³-hybridized carbons (Fsp3) is 0. The van der Waals surface area contributed by atoms with Crippen LogP contribution >= 0.6 is 23.2 Å². The van der Waals surface area contributed by atoms with Gasteiger partial charge in [0, 0.05) is 5.39 Å². The Morgan fingerprint density at radius 2 is 1.88 bits per heavy atom. The van der Waals surface area contributed by atoms with Gasteiger partial charge in [0.2, 0.25) is 0 Å². The summed E-state index contributed by atoms with van der Waals surface area (Å²) in [5.74, 6) is 0. The van der Waals surface area contributed by atoms with E-state index < -0.39 is 11.1 Å². The van der Waals surface area contributed by atoms with Crippen LogP contribution in [0.25, 0.3) is 10.9 Å². The Balaban J connectivity index is 0.00000128. The summed E-state index contributed by atoms with van der Waals surface area (Å²) >= 11 is 9.15. The van der Waals surface area contributed by atoms with E-state index in [2.05, 4.69) is 4.98 Å². The van der Waals surface area contributed by atoms with Gasteiger partial charge in [-0.05, 0) is 17.1 Å². The van der Waals surface area contributed by atoms with Crippen molar-refractivity contribution in [1.82, 2.24) is 4.98 Å². The van der Waals surface area contributed by atoms with E-state index in [0.717, 1.165) is 0 Å². The zero-order chi connectivity index (χ0) is 11.0. The maximum absolute atomic E-state index is 10.9. The average molecular weight is 284 g/mol. The van der Waals surface area contributed by atoms with Crippen molar-refractivity contribution >= 4 is 45.2 Å². The quantitative estimate of drug-likeness (QED) is 0.413. The summed E-state index contributed by atoms with van der Waals surface area (Å²) in [5.41, 5.74) is 0.571. The second-order valence-electron chi connectivity index (χ2n) is 2.80. The van der Waals surface area contributed by atoms with Crippen LogP contribution in [0.4, 0.5) is 0 Å². The molecular weight excluding hydrogens is 280 g/mol. The number of rotatable bonds is 1. The van der Waals surface area contributed by atoms with Crippen LogP contribution in [-0.4, -0.2) is 13.7 Å². The molecule has 0 aliphatic carbocycles. The van der Waals surface area contributed by atoms with E-state index in [1.54, 1.807) is 24.3 Å². The zero-order valence-electron chi connectivity index (χ0n) is 8.24. The molecule has 7 heteroatoms. The number of hydrogen-bond acceptors (Lipinski definition) is 3. The molecule has 0 radical (unpaired) electrons. The molecule has 2 rings (SSSR count). The summed E-state index contributed by atoms with van der Waals surface area (Å²) in [5, 5.41) is 0.578. The molecule has 0 N–H and O–H groups in total. The van der Waals surface area contributed by atoms with Crippen molar-refractivity contribution in [3.63, 3.8) is 0 Å². The summed E-state index contributed by atoms with van der Waals surface area (Å²) in [6, 6.07) is 6.93. The molecule has 0 bridgehead atoms. The number of fused-ring (bicyclic) bond motifs is 1. The smallest absolute Gasteiger partial charge is 0.768 e. The predicted octanol–water partition coefficient (Wildman–Crippen LogP) is -0.216. The topological polar surface area (TPSA) is 53.0 Å². The van der Waals surface area contributed by atoms with E-state index in [4.69, 9.17) is 23.2 Å². The SMILES string of the molecule is O=S([O-])c1c(Cl)nc2ccccc2c1Cl.[Na+]. The zero-order valence-corrected chi connectivity index (χ0v) is 12.6. The fourth-order valence-corrected chi connectivity index (χ4v) is 2.57. The second kappa shape index (κ2) is 5.78. The molecule has 1 heterocycles. The minimum atomic E-state index is -2.48. The van der Waals surface area contributed by atoms with Crippen molar-refractivity contribution in [2.45, 2.75) is 4.90 Å². The maximum atomic E-state index is 10.9. The second-order valence-corrected chi connectivity index (χ2v) is 4.41. The standard InChI is InChI=1S/C9H5Cl2NO2S.Na/c10-7-5-3-1-2-4-6(5)12-9(11)8(7)15(13)14;/h1-4H,(H,13,14);/q;+1/p-1. The van der Waals surface area contributed by atoms with Gasteiger partial charge in [0.15, 0.2) is 0 Å². The van der Waals surface area contributed by atoms with Gasteiger partial charge in [-0.15, -0.1) is 0 Å². The van der Waals surface area contributed by atoms with Crippen LogP contribution in [0.3, 0.4) is 0 Å². The summed E-state index contributed by atoms with van der Waals surface area (Å²) in [4.78, 5) is 3.79. The van der Waals surface area contributed by atoms with Gasteiger partial charge in [0.05, 0.1) is 15.4 Å². The Morgan fingerprint density at radius 3 is 2.50 bits per heavy atom. The van der Waals surface area contributed by atoms with Crippen molar-refractivity contribution in [3.8, 4) is 0 Å². The first-order chi connectivity index (χ1) is 7.11. The Morgan fingerprint density at radius 1 is 1.25 bits per heavy atom. The third-order valence-electron chi connectivity index (χ3n) is 1.91. The summed E-state index contributed by atoms with van der Waals surface area (Å²) < 4.78 is 21.8. The van der Waals surface area contributed by atoms with Crippen LogP contribution in [-0.2, 0) is 11.1 Å². The molecule has 0 saturated heterocycles. The van der Waals surface area contributed by atoms with Crippen LogP contribution in [0.5, 0.6) is 0 Å². The van der Waals surface area contributed by atoms with Gasteiger partial charge in [-0.25, -0.2) is 4.98 Å². The first kappa shape index (κ1) is 14.4. The first-order valence-electron chi connectivity index (χ1n) is 3.94. The van der Waals surface area contributed by atoms with E-state index in [9.17, 15) is 8.76 Å². The van der Waals surface area contributed by atoms with E-state index >= 15 is 0 Å². The van der Waals surface area contributed by atoms with Gasteiger partial charge in [-0.1, -0.05) is 41.4 Å². The third-order valence-corrected chi connectivity index (χ3v) is 3.53. The molecule has 78 valence electrons. The Bertz CT molecular complexity index is 564. The number of nitrogens with zero attached hydrogens (tertiary/aromatic N) is 1. The molecule has 1 aromatic carbocycles. The molecule has 1 unspecified atom stereocenters. The van der Waals surface area contributed by atoms with Crippen LogP contribution in [0, 0.1) is 0 Å². The van der Waals surface area contributed by atoms with Crippen molar-refractivity contribution in [2.75, 3.05) is 0 Å². The van der Waals surface area contributed by atoms with Crippen LogP contribution in [0.15, 0.2) is 29.2 Å². The van der Waals surface area contributed by atoms with E-state index in [1.807, 2.05) is 0 Å². The molecule has 16 heavy (non-hydrogen) atoms. The maximum Gasteiger partial charge on any atom is 1.00 e. The van der Waals surface area contributed by atoms with Crippen molar-refractivity contribution < 1.29 is 38.3 Å². The minimum Gasteiger partial charge on any atom is -0.768 e. The average Bonchev–Trinajstić information content (AvgIpc) is 2.17. The van der Waals surface area contributed by atoms with Crippen LogP contribution < -0.4 is 29.6 Å². The summed E-state index contributed by atoms with van der Waals surface area (Å²) in [7, 11) is 0. The Kier molecular flexibility index (Phi) is 5.19. The molecule has 2 aromatic rings. The first-order valence-corrected chi connectivity index (χ1v) is 5.77. The number of para-hydroxylation sites is 1. The van der Waals surface area contributed by atoms with Crippen LogP contribution in [0.1, 0.15) is 0 Å². The Labute approximate surface area is 127 Å². The minimum absolute atomic E-state index is 0. The molecule has 1 aromatic heterocycles. The van der Waals surface area contributed by atoms with Gasteiger partial charge in [0.1, 0.15) is 5.15 Å². The summed E-state index contributed by atoms with van der Waals surface area (Å²) in [6.45, 7) is 0. The van der Waals surface area contributed by atoms with Gasteiger partial charge in [0.25, 0.3) is 0 Å². The van der Waals surface area contributed by atoms with Crippen molar-refractivity contribution in [2.24, 2.45) is 0 Å². The van der Waals surface area contributed by atoms with E-state index in [1.165, 1.54) is 0 Å². The molecule has 0 fully saturated rings. The largest absolute Gasteiger partial charge is 1.00 e. The van der Waals surface area contributed by atoms with E-state index in [0.29, 0.717) is 10.9 Å². The van der Waals surface area contributed by atoms with Crippen molar-refractivity contribution in [1.29, 1.82) is 0 Å². The molecule has 1 atom stereocenters. The predicted molar refractivity (Wildman–Crippen MR) is 58.9 cm³/mol. The van der Waals surface area contributed by atoms with E-state index in [-0.39, 0.29) is 44.6 Å². The van der Waals surface area contributed by atoms with Crippen molar-refractivity contribution in [3.05, 3.63) is 34.4 Å². The van der Waals surface area contributed by atoms with Gasteiger partial charge in [-0.3, -0.25) is 4.21 Å². The van der Waals surface area contributed by atoms with Gasteiger partial charge >= 0.3 is 29.6 Å². The van der Waals surface area contributed by atoms with Crippen LogP contribution in [0.2, 0.25) is 10.2 Å². The molecule has 0 aliphatic rings. The van der Waals surface area contributed by atoms with Gasteiger partial charge < -0.3 is 4.55 Å². The Hall–Kier alpha value is 0.320. The third kappa shape index (κ3) is 2.59. The number of benzene rings is 1. The molecule has 3 nitrogen and oxygen atoms in total. The number of halogens is 2. The molecule has 0 amide bonds. The molecule has 0 spiro atoms. The molecular formula is C9H4Cl2NNaO2S. The molecule has 0 saturated carbocycles. The normalized spacial score (nSPS) is 12.2. The number of pyridine rings is 1. The summed E-state index contributed by atoms with van der Waals surface area (Å²) in [6.07, 6.45) is 0.